The second-order valence-electron chi connectivity index (χ2n) is 5.70. The van der Waals surface area contributed by atoms with Gasteiger partial charge in [-0.2, -0.15) is 0 Å². The van der Waals surface area contributed by atoms with Crippen LogP contribution < -0.4 is 19.5 Å². The first-order valence-corrected chi connectivity index (χ1v) is 8.05. The minimum atomic E-state index is -0.318. The van der Waals surface area contributed by atoms with Gasteiger partial charge in [0.1, 0.15) is 5.75 Å². The summed E-state index contributed by atoms with van der Waals surface area (Å²) in [6.45, 7) is 2.86. The summed E-state index contributed by atoms with van der Waals surface area (Å²) in [5, 5.41) is 3.19. The van der Waals surface area contributed by atoms with Crippen LogP contribution in [0.5, 0.6) is 17.2 Å². The average Bonchev–Trinajstić information content (AvgIpc) is 2.66. The molecule has 2 rings (SSSR count). The number of carbonyl (C=O) groups is 2. The van der Waals surface area contributed by atoms with Gasteiger partial charge in [0.05, 0.1) is 33.4 Å². The lowest BCUT2D eigenvalue weighted by Gasteiger charge is -2.29. The topological polar surface area (TPSA) is 80.3 Å². The van der Waals surface area contributed by atoms with Crippen molar-refractivity contribution in [3.8, 4) is 17.2 Å². The maximum Gasteiger partial charge on any atom is 0.257 e. The number of likely N-dealkylation sites (N-methyl/N-ethyl adjacent to an activating group) is 1. The monoisotopic (exact) mass is 387 g/mol. The Morgan fingerprint density at radius 3 is 2.12 bits per heavy atom. The minimum absolute atomic E-state index is 0. The van der Waals surface area contributed by atoms with Crippen molar-refractivity contribution in [2.75, 3.05) is 61.1 Å². The molecule has 0 aliphatic carbocycles. The number of methoxy groups -OCH3 is 3. The minimum Gasteiger partial charge on any atom is -0.496 e. The van der Waals surface area contributed by atoms with Gasteiger partial charge in [0.25, 0.3) is 5.91 Å². The Labute approximate surface area is 159 Å². The molecule has 0 bridgehead atoms. The van der Waals surface area contributed by atoms with Crippen molar-refractivity contribution in [2.45, 2.75) is 0 Å². The van der Waals surface area contributed by atoms with E-state index in [9.17, 15) is 9.59 Å². The Balaban J connectivity index is 0.00000338. The smallest absolute Gasteiger partial charge is 0.257 e. The number of benzene rings is 1. The zero-order valence-corrected chi connectivity index (χ0v) is 16.4. The van der Waals surface area contributed by atoms with Crippen molar-refractivity contribution in [1.82, 2.24) is 15.1 Å². The van der Waals surface area contributed by atoms with E-state index in [0.717, 1.165) is 13.1 Å². The molecule has 0 radical (unpaired) electrons. The van der Waals surface area contributed by atoms with Crippen molar-refractivity contribution in [3.05, 3.63) is 17.7 Å². The van der Waals surface area contributed by atoms with Gasteiger partial charge in [-0.05, 0) is 0 Å². The molecule has 1 heterocycles. The third-order valence-electron chi connectivity index (χ3n) is 4.12. The van der Waals surface area contributed by atoms with Gasteiger partial charge in [-0.1, -0.05) is 0 Å². The Hall–Kier alpha value is -2.19. The van der Waals surface area contributed by atoms with Crippen molar-refractivity contribution in [2.24, 2.45) is 0 Å². The highest BCUT2D eigenvalue weighted by Gasteiger charge is 2.24. The first kappa shape index (κ1) is 21.9. The number of nitrogens with one attached hydrogen (secondary N) is 1. The molecule has 1 aliphatic rings. The van der Waals surface area contributed by atoms with Crippen LogP contribution in [0.15, 0.2) is 12.1 Å². The first-order chi connectivity index (χ1) is 12.0. The summed E-state index contributed by atoms with van der Waals surface area (Å²) in [6.07, 6.45) is 0. The van der Waals surface area contributed by atoms with Gasteiger partial charge >= 0.3 is 0 Å². The maximum atomic E-state index is 12.8. The average molecular weight is 388 g/mol. The molecule has 1 saturated heterocycles. The molecule has 1 aliphatic heterocycles. The van der Waals surface area contributed by atoms with Crippen LogP contribution in [-0.2, 0) is 4.79 Å². The van der Waals surface area contributed by atoms with Gasteiger partial charge in [-0.3, -0.25) is 9.59 Å². The SMILES string of the molecule is COc1cc(OC)c(C(=O)N(C)CC(=O)N2CCNCC2)cc1OC.Cl. The summed E-state index contributed by atoms with van der Waals surface area (Å²) in [4.78, 5) is 28.3. The fourth-order valence-corrected chi connectivity index (χ4v) is 2.69. The van der Waals surface area contributed by atoms with Gasteiger partial charge in [-0.25, -0.2) is 0 Å². The number of piperazine rings is 1. The second-order valence-corrected chi connectivity index (χ2v) is 5.70. The molecule has 0 atom stereocenters. The van der Waals surface area contributed by atoms with E-state index < -0.39 is 0 Å². The Morgan fingerprint density at radius 2 is 1.58 bits per heavy atom. The maximum absolute atomic E-state index is 12.8. The van der Waals surface area contributed by atoms with Crippen LogP contribution in [0, 0.1) is 0 Å². The molecule has 0 saturated carbocycles. The van der Waals surface area contributed by atoms with Crippen molar-refractivity contribution >= 4 is 24.2 Å². The zero-order valence-electron chi connectivity index (χ0n) is 15.5. The number of amides is 2. The number of carbonyl (C=O) groups excluding carboxylic acids is 2. The molecule has 146 valence electrons. The third kappa shape index (κ3) is 4.92. The van der Waals surface area contributed by atoms with Crippen LogP contribution in [0.3, 0.4) is 0 Å². The highest BCUT2D eigenvalue weighted by molar-refractivity contribution is 5.99. The highest BCUT2D eigenvalue weighted by atomic mass is 35.5. The number of ether oxygens (including phenoxy) is 3. The van der Waals surface area contributed by atoms with Crippen LogP contribution in [-0.4, -0.2) is 82.7 Å². The van der Waals surface area contributed by atoms with E-state index in [0.29, 0.717) is 35.9 Å². The van der Waals surface area contributed by atoms with Crippen molar-refractivity contribution in [1.29, 1.82) is 0 Å². The molecule has 0 unspecified atom stereocenters. The van der Waals surface area contributed by atoms with E-state index in [1.807, 2.05) is 0 Å². The summed E-state index contributed by atoms with van der Waals surface area (Å²) >= 11 is 0. The molecule has 26 heavy (non-hydrogen) atoms. The normalized spacial score (nSPS) is 13.5. The number of rotatable bonds is 6. The van der Waals surface area contributed by atoms with Gasteiger partial charge in [0, 0.05) is 45.4 Å². The number of hydrogen-bond acceptors (Lipinski definition) is 6. The summed E-state index contributed by atoms with van der Waals surface area (Å²) in [5.41, 5.74) is 0.316. The fourth-order valence-electron chi connectivity index (χ4n) is 2.69. The number of halogens is 1. The second kappa shape index (κ2) is 10.1. The molecule has 0 spiro atoms. The largest absolute Gasteiger partial charge is 0.496 e. The zero-order chi connectivity index (χ0) is 18.4. The molecule has 1 aromatic carbocycles. The lowest BCUT2D eigenvalue weighted by molar-refractivity contribution is -0.132. The number of hydrogen-bond donors (Lipinski definition) is 1. The molecular formula is C17H26ClN3O5. The van der Waals surface area contributed by atoms with E-state index in [4.69, 9.17) is 14.2 Å². The van der Waals surface area contributed by atoms with Gasteiger partial charge < -0.3 is 29.3 Å². The van der Waals surface area contributed by atoms with Gasteiger partial charge in [0.15, 0.2) is 11.5 Å². The fraction of sp³-hybridized carbons (Fsp3) is 0.529. The van der Waals surface area contributed by atoms with Crippen LogP contribution in [0.1, 0.15) is 10.4 Å². The highest BCUT2D eigenvalue weighted by Crippen LogP contribution is 2.35. The van der Waals surface area contributed by atoms with Crippen LogP contribution >= 0.6 is 12.4 Å². The van der Waals surface area contributed by atoms with Crippen LogP contribution in [0.25, 0.3) is 0 Å². The van der Waals surface area contributed by atoms with E-state index >= 15 is 0 Å². The quantitative estimate of drug-likeness (QED) is 0.771. The van der Waals surface area contributed by atoms with Gasteiger partial charge in [0.2, 0.25) is 5.91 Å². The van der Waals surface area contributed by atoms with Gasteiger partial charge in [-0.15, -0.1) is 12.4 Å². The Kier molecular flexibility index (Phi) is 8.47. The molecule has 8 nitrogen and oxygen atoms in total. The molecule has 1 fully saturated rings. The molecule has 0 aromatic heterocycles. The summed E-state index contributed by atoms with van der Waals surface area (Å²) in [5.74, 6) is 0.867. The van der Waals surface area contributed by atoms with Crippen molar-refractivity contribution < 1.29 is 23.8 Å². The van der Waals surface area contributed by atoms with E-state index in [2.05, 4.69) is 5.32 Å². The molecule has 1 N–H and O–H groups in total. The lowest BCUT2D eigenvalue weighted by Crippen LogP contribution is -2.49. The van der Waals surface area contributed by atoms with Crippen LogP contribution in [0.2, 0.25) is 0 Å². The van der Waals surface area contributed by atoms with Crippen molar-refractivity contribution in [3.63, 3.8) is 0 Å². The summed E-state index contributed by atoms with van der Waals surface area (Å²) in [6, 6.07) is 3.16. The van der Waals surface area contributed by atoms with E-state index in [1.54, 1.807) is 24.1 Å². The third-order valence-corrected chi connectivity index (χ3v) is 4.12. The molecule has 2 amide bonds. The predicted molar refractivity (Wildman–Crippen MR) is 99.8 cm³/mol. The molecule has 9 heteroatoms. The van der Waals surface area contributed by atoms with E-state index in [1.165, 1.54) is 26.2 Å². The Morgan fingerprint density at radius 1 is 1.04 bits per heavy atom. The first-order valence-electron chi connectivity index (χ1n) is 8.05. The number of nitrogens with zero attached hydrogens (tertiary/aromatic N) is 2. The lowest BCUT2D eigenvalue weighted by atomic mass is 10.1. The predicted octanol–water partition coefficient (Wildman–Crippen LogP) is 0.638. The van der Waals surface area contributed by atoms with Crippen LogP contribution in [0.4, 0.5) is 0 Å². The summed E-state index contributed by atoms with van der Waals surface area (Å²) in [7, 11) is 6.08. The molecular weight excluding hydrogens is 362 g/mol. The standard InChI is InChI=1S/C17H25N3O5.ClH/c1-19(11-16(21)20-7-5-18-6-8-20)17(22)12-9-14(24-3)15(25-4)10-13(12)23-2;/h9-10,18H,5-8,11H2,1-4H3;1H. The Bertz CT molecular complexity index is 635. The molecule has 1 aromatic rings. The van der Waals surface area contributed by atoms with E-state index in [-0.39, 0.29) is 30.8 Å². The summed E-state index contributed by atoms with van der Waals surface area (Å²) < 4.78 is 15.8.